The molecule has 0 spiro atoms. The Labute approximate surface area is 224 Å². The van der Waals surface area contributed by atoms with Gasteiger partial charge in [0.05, 0.1) is 30.5 Å². The van der Waals surface area contributed by atoms with E-state index >= 15 is 0 Å². The van der Waals surface area contributed by atoms with Crippen molar-refractivity contribution in [2.75, 3.05) is 56.7 Å². The number of ether oxygens (including phenoxy) is 3. The highest BCUT2D eigenvalue weighted by atomic mass is 32.2. The molecule has 1 atom stereocenters. The molecule has 0 unspecified atom stereocenters. The van der Waals surface area contributed by atoms with Crippen molar-refractivity contribution in [3.8, 4) is 17.2 Å². The number of anilines is 2. The van der Waals surface area contributed by atoms with E-state index in [1.807, 2.05) is 35.2 Å². The Bertz CT molecular complexity index is 1340. The SMILES string of the molecule is COc1ccc(N(C)S(=O)(=O)c2ccc(OC)c(N3CCN(C(=O)[C@@H](C)Oc4ccccc4)CC3)c2)cc1. The van der Waals surface area contributed by atoms with Crippen molar-refractivity contribution in [2.45, 2.75) is 17.9 Å². The quantitative estimate of drug-likeness (QED) is 0.410. The first-order chi connectivity index (χ1) is 18.2. The summed E-state index contributed by atoms with van der Waals surface area (Å²) < 4.78 is 44.7. The Morgan fingerprint density at radius 1 is 0.868 bits per heavy atom. The van der Waals surface area contributed by atoms with Crippen molar-refractivity contribution < 1.29 is 27.4 Å². The van der Waals surface area contributed by atoms with Gasteiger partial charge < -0.3 is 24.0 Å². The second-order valence-corrected chi connectivity index (χ2v) is 10.9. The van der Waals surface area contributed by atoms with Gasteiger partial charge in [0.1, 0.15) is 17.2 Å². The Morgan fingerprint density at radius 2 is 1.53 bits per heavy atom. The zero-order valence-corrected chi connectivity index (χ0v) is 22.8. The molecule has 1 fully saturated rings. The average Bonchev–Trinajstić information content (AvgIpc) is 2.96. The normalized spacial score (nSPS) is 14.5. The van der Waals surface area contributed by atoms with Crippen molar-refractivity contribution in [3.05, 3.63) is 72.8 Å². The molecular formula is C28H33N3O6S. The third-order valence-electron chi connectivity index (χ3n) is 6.58. The number of benzene rings is 3. The van der Waals surface area contributed by atoms with Crippen molar-refractivity contribution in [3.63, 3.8) is 0 Å². The van der Waals surface area contributed by atoms with E-state index in [0.29, 0.717) is 54.8 Å². The maximum absolute atomic E-state index is 13.5. The summed E-state index contributed by atoms with van der Waals surface area (Å²) in [7, 11) is 0.797. The maximum Gasteiger partial charge on any atom is 0.264 e. The van der Waals surface area contributed by atoms with Crippen molar-refractivity contribution >= 4 is 27.3 Å². The fraction of sp³-hybridized carbons (Fsp3) is 0.321. The molecule has 0 bridgehead atoms. The lowest BCUT2D eigenvalue weighted by Gasteiger charge is -2.37. The third-order valence-corrected chi connectivity index (χ3v) is 8.36. The van der Waals surface area contributed by atoms with Gasteiger partial charge in [-0.25, -0.2) is 8.42 Å². The fourth-order valence-corrected chi connectivity index (χ4v) is 5.56. The van der Waals surface area contributed by atoms with E-state index in [1.54, 1.807) is 68.5 Å². The third kappa shape index (κ3) is 5.80. The molecule has 3 aromatic carbocycles. The van der Waals surface area contributed by atoms with Crippen LogP contribution in [-0.4, -0.2) is 72.8 Å². The highest BCUT2D eigenvalue weighted by Crippen LogP contribution is 2.34. The summed E-state index contributed by atoms with van der Waals surface area (Å²) in [4.78, 5) is 16.9. The van der Waals surface area contributed by atoms with Crippen LogP contribution in [0.4, 0.5) is 11.4 Å². The van der Waals surface area contributed by atoms with Crippen LogP contribution in [0.2, 0.25) is 0 Å². The van der Waals surface area contributed by atoms with Gasteiger partial charge in [0.25, 0.3) is 15.9 Å². The molecule has 9 nitrogen and oxygen atoms in total. The second kappa shape index (κ2) is 11.6. The maximum atomic E-state index is 13.5. The Kier molecular flexibility index (Phi) is 8.31. The molecule has 202 valence electrons. The number of carbonyl (C=O) groups excluding carboxylic acids is 1. The molecule has 1 aliphatic rings. The molecule has 10 heteroatoms. The van der Waals surface area contributed by atoms with Gasteiger partial charge >= 0.3 is 0 Å². The zero-order valence-electron chi connectivity index (χ0n) is 22.0. The van der Waals surface area contributed by atoms with E-state index in [1.165, 1.54) is 11.4 Å². The summed E-state index contributed by atoms with van der Waals surface area (Å²) >= 11 is 0. The van der Waals surface area contributed by atoms with Gasteiger partial charge in [-0.15, -0.1) is 0 Å². The minimum atomic E-state index is -3.83. The summed E-state index contributed by atoms with van der Waals surface area (Å²) in [5.74, 6) is 1.77. The van der Waals surface area contributed by atoms with Crippen LogP contribution in [0.5, 0.6) is 17.2 Å². The highest BCUT2D eigenvalue weighted by Gasteiger charge is 2.29. The number of carbonyl (C=O) groups is 1. The summed E-state index contributed by atoms with van der Waals surface area (Å²) in [6, 6.07) is 20.9. The van der Waals surface area contributed by atoms with Crippen molar-refractivity contribution in [2.24, 2.45) is 0 Å². The molecule has 0 radical (unpaired) electrons. The van der Waals surface area contributed by atoms with Crippen LogP contribution in [0, 0.1) is 0 Å². The molecule has 0 aromatic heterocycles. The smallest absolute Gasteiger partial charge is 0.264 e. The van der Waals surface area contributed by atoms with E-state index in [0.717, 1.165) is 0 Å². The first-order valence-corrected chi connectivity index (χ1v) is 13.7. The molecule has 1 saturated heterocycles. The van der Waals surface area contributed by atoms with Gasteiger partial charge in [-0.2, -0.15) is 0 Å². The molecular weight excluding hydrogens is 506 g/mol. The number of para-hydroxylation sites is 1. The Hall–Kier alpha value is -3.92. The van der Waals surface area contributed by atoms with Gasteiger partial charge in [0, 0.05) is 33.2 Å². The molecule has 0 N–H and O–H groups in total. The number of piperazine rings is 1. The summed E-state index contributed by atoms with van der Waals surface area (Å²) in [5.41, 5.74) is 1.18. The number of nitrogens with zero attached hydrogens (tertiary/aromatic N) is 3. The van der Waals surface area contributed by atoms with Crippen LogP contribution < -0.4 is 23.4 Å². The lowest BCUT2D eigenvalue weighted by atomic mass is 10.2. The molecule has 3 aromatic rings. The van der Waals surface area contributed by atoms with E-state index in [4.69, 9.17) is 14.2 Å². The fourth-order valence-electron chi connectivity index (χ4n) is 4.34. The van der Waals surface area contributed by atoms with Crippen LogP contribution in [0.1, 0.15) is 6.92 Å². The first-order valence-electron chi connectivity index (χ1n) is 12.3. The van der Waals surface area contributed by atoms with Gasteiger partial charge in [0.2, 0.25) is 0 Å². The van der Waals surface area contributed by atoms with Crippen molar-refractivity contribution in [1.82, 2.24) is 4.90 Å². The molecule has 0 saturated carbocycles. The van der Waals surface area contributed by atoms with E-state index in [2.05, 4.69) is 0 Å². The van der Waals surface area contributed by atoms with E-state index in [9.17, 15) is 13.2 Å². The molecule has 4 rings (SSSR count). The minimum Gasteiger partial charge on any atom is -0.497 e. The summed E-state index contributed by atoms with van der Waals surface area (Å²) in [5, 5.41) is 0. The monoisotopic (exact) mass is 539 g/mol. The number of methoxy groups -OCH3 is 2. The minimum absolute atomic E-state index is 0.0853. The first kappa shape index (κ1) is 27.1. The van der Waals surface area contributed by atoms with E-state index < -0.39 is 16.1 Å². The number of hydrogen-bond acceptors (Lipinski definition) is 7. The molecule has 1 amide bonds. The number of amides is 1. The molecule has 1 aliphatic heterocycles. The average molecular weight is 540 g/mol. The van der Waals surface area contributed by atoms with Crippen LogP contribution in [0.25, 0.3) is 0 Å². The van der Waals surface area contributed by atoms with Gasteiger partial charge in [-0.1, -0.05) is 18.2 Å². The number of hydrogen-bond donors (Lipinski definition) is 0. The number of rotatable bonds is 9. The zero-order chi connectivity index (χ0) is 27.3. The lowest BCUT2D eigenvalue weighted by molar-refractivity contribution is -0.138. The highest BCUT2D eigenvalue weighted by molar-refractivity contribution is 7.92. The Balaban J connectivity index is 1.47. The van der Waals surface area contributed by atoms with Gasteiger partial charge in [0.15, 0.2) is 6.10 Å². The Morgan fingerprint density at radius 3 is 2.13 bits per heavy atom. The predicted molar refractivity (Wildman–Crippen MR) is 147 cm³/mol. The van der Waals surface area contributed by atoms with Crippen LogP contribution in [0.15, 0.2) is 77.7 Å². The molecule has 1 heterocycles. The standard InChI is InChI=1S/C28H33N3O6S/c1-21(37-24-8-6-5-7-9-24)28(32)31-18-16-30(17-19-31)26-20-25(14-15-27(26)36-4)38(33,34)29(2)22-10-12-23(35-3)13-11-22/h5-15,20-21H,16-19H2,1-4H3/t21-/m1/s1. The topological polar surface area (TPSA) is 88.6 Å². The van der Waals surface area contributed by atoms with Crippen LogP contribution in [0.3, 0.4) is 0 Å². The predicted octanol–water partition coefficient (Wildman–Crippen LogP) is 3.65. The molecule has 0 aliphatic carbocycles. The summed E-state index contributed by atoms with van der Waals surface area (Å²) in [6.07, 6.45) is -0.611. The van der Waals surface area contributed by atoms with Gasteiger partial charge in [-0.05, 0) is 61.5 Å². The lowest BCUT2D eigenvalue weighted by Crippen LogP contribution is -2.52. The van der Waals surface area contributed by atoms with E-state index in [-0.39, 0.29) is 10.8 Å². The second-order valence-electron chi connectivity index (χ2n) is 8.89. The molecule has 38 heavy (non-hydrogen) atoms. The number of sulfonamides is 1. The largest absolute Gasteiger partial charge is 0.497 e. The van der Waals surface area contributed by atoms with Crippen LogP contribution >= 0.6 is 0 Å². The van der Waals surface area contributed by atoms with Gasteiger partial charge in [-0.3, -0.25) is 9.10 Å². The van der Waals surface area contributed by atoms with Crippen molar-refractivity contribution in [1.29, 1.82) is 0 Å². The summed E-state index contributed by atoms with van der Waals surface area (Å²) in [6.45, 7) is 3.76. The van der Waals surface area contributed by atoms with Crippen LogP contribution in [-0.2, 0) is 14.8 Å².